The van der Waals surface area contributed by atoms with Crippen LogP contribution in [0.2, 0.25) is 0 Å². The van der Waals surface area contributed by atoms with E-state index in [0.29, 0.717) is 18.2 Å². The quantitative estimate of drug-likeness (QED) is 0.108. The average molecular weight is 532 g/mol. The number of rotatable bonds is 13. The Morgan fingerprint density at radius 3 is 1.68 bits per heavy atom. The van der Waals surface area contributed by atoms with Gasteiger partial charge in [-0.05, 0) is 37.5 Å². The van der Waals surface area contributed by atoms with Gasteiger partial charge in [0.25, 0.3) is 0 Å². The van der Waals surface area contributed by atoms with Crippen LogP contribution >= 0.6 is 7.60 Å². The fraction of sp³-hybridized carbons (Fsp3) is 0.267. The summed E-state index contributed by atoms with van der Waals surface area (Å²) in [5.41, 5.74) is 2.35. The molecule has 4 aromatic rings. The number of hydrogen-bond acceptors (Lipinski definition) is 6. The van der Waals surface area contributed by atoms with Crippen LogP contribution in [0.5, 0.6) is 0 Å². The molecule has 0 aliphatic rings. The largest absolute Gasteiger partial charge is 0.497 e. The second-order valence-electron chi connectivity index (χ2n) is 8.50. The molecule has 38 heavy (non-hydrogen) atoms. The van der Waals surface area contributed by atoms with Crippen LogP contribution in [0.1, 0.15) is 43.3 Å². The molecule has 0 saturated carbocycles. The number of nitrogens with zero attached hydrogens (tertiary/aromatic N) is 3. The Bertz CT molecular complexity index is 1250. The van der Waals surface area contributed by atoms with Gasteiger partial charge < -0.3 is 13.8 Å². The lowest BCUT2D eigenvalue weighted by atomic mass is 9.77. The maximum absolute atomic E-state index is 13.2. The van der Waals surface area contributed by atoms with E-state index in [0.717, 1.165) is 16.7 Å². The summed E-state index contributed by atoms with van der Waals surface area (Å²) in [5.74, 6) is 0.875. The normalized spacial score (nSPS) is 12.4. The van der Waals surface area contributed by atoms with Gasteiger partial charge in [-0.1, -0.05) is 91.0 Å². The van der Waals surface area contributed by atoms with Crippen LogP contribution < -0.4 is 0 Å². The number of hydrogen-bond donors (Lipinski definition) is 0. The summed E-state index contributed by atoms with van der Waals surface area (Å²) in [7, 11) is -3.37. The van der Waals surface area contributed by atoms with E-state index in [9.17, 15) is 4.57 Å². The summed E-state index contributed by atoms with van der Waals surface area (Å²) in [6.45, 7) is 6.39. The minimum Gasteiger partial charge on any atom is -0.497 e. The predicted molar refractivity (Wildman–Crippen MR) is 150 cm³/mol. The van der Waals surface area contributed by atoms with Crippen molar-refractivity contribution in [3.05, 3.63) is 126 Å². The zero-order chi connectivity index (χ0) is 26.8. The molecule has 0 amide bonds. The Morgan fingerprint density at radius 2 is 1.26 bits per heavy atom. The summed E-state index contributed by atoms with van der Waals surface area (Å²) in [5, 5.41) is 4.93. The lowest BCUT2D eigenvalue weighted by Crippen LogP contribution is -2.38. The van der Waals surface area contributed by atoms with Gasteiger partial charge in [0.05, 0.1) is 19.8 Å². The smallest absolute Gasteiger partial charge is 0.338 e. The Kier molecular flexibility index (Phi) is 9.29. The maximum atomic E-state index is 13.2. The summed E-state index contributed by atoms with van der Waals surface area (Å²) >= 11 is 0. The fourth-order valence-corrected chi connectivity index (χ4v) is 6.22. The highest BCUT2D eigenvalue weighted by Crippen LogP contribution is 2.49. The molecule has 3 aromatic carbocycles. The van der Waals surface area contributed by atoms with Gasteiger partial charge >= 0.3 is 7.60 Å². The molecule has 0 saturated heterocycles. The Morgan fingerprint density at radius 1 is 0.789 bits per heavy atom. The third-order valence-corrected chi connectivity index (χ3v) is 8.05. The Hall–Kier alpha value is -3.51. The van der Waals surface area contributed by atoms with Crippen molar-refractivity contribution in [2.24, 2.45) is 0 Å². The first kappa shape index (κ1) is 27.5. The van der Waals surface area contributed by atoms with Crippen molar-refractivity contribution in [3.8, 4) is 0 Å². The third kappa shape index (κ3) is 5.97. The van der Waals surface area contributed by atoms with E-state index < -0.39 is 13.1 Å². The lowest BCUT2D eigenvalue weighted by Gasteiger charge is -2.35. The molecule has 0 aliphatic heterocycles. The van der Waals surface area contributed by atoms with E-state index in [4.69, 9.17) is 18.9 Å². The molecule has 198 valence electrons. The predicted octanol–water partition coefficient (Wildman–Crippen LogP) is 6.76. The van der Waals surface area contributed by atoms with Crippen molar-refractivity contribution in [1.82, 2.24) is 14.8 Å². The van der Waals surface area contributed by atoms with Gasteiger partial charge in [-0.3, -0.25) is 4.57 Å². The van der Waals surface area contributed by atoms with E-state index in [-0.39, 0.29) is 19.4 Å². The first-order valence-electron chi connectivity index (χ1n) is 12.9. The van der Waals surface area contributed by atoms with Gasteiger partial charge in [-0.15, -0.1) is 5.10 Å². The van der Waals surface area contributed by atoms with Gasteiger partial charge in [0, 0.05) is 6.08 Å². The van der Waals surface area contributed by atoms with Crippen LogP contribution in [0.25, 0.3) is 6.08 Å². The molecule has 0 bridgehead atoms. The van der Waals surface area contributed by atoms with Gasteiger partial charge in [0.2, 0.25) is 0 Å². The minimum absolute atomic E-state index is 0.00173. The molecule has 0 radical (unpaired) electrons. The summed E-state index contributed by atoms with van der Waals surface area (Å²) in [6.07, 6.45) is 3.43. The van der Waals surface area contributed by atoms with Crippen LogP contribution in [0.3, 0.4) is 0 Å². The minimum atomic E-state index is -3.37. The van der Waals surface area contributed by atoms with E-state index >= 15 is 0 Å². The van der Waals surface area contributed by atoms with Crippen molar-refractivity contribution < 1.29 is 18.3 Å². The third-order valence-electron chi connectivity index (χ3n) is 6.05. The number of ether oxygens (including phenoxy) is 1. The highest BCUT2D eigenvalue weighted by molar-refractivity contribution is 7.54. The molecule has 0 unspecified atom stereocenters. The van der Waals surface area contributed by atoms with E-state index in [2.05, 4.69) is 41.4 Å². The Balaban J connectivity index is 1.86. The first-order valence-corrected chi connectivity index (χ1v) is 14.6. The Labute approximate surface area is 224 Å². The fourth-order valence-electron chi connectivity index (χ4n) is 4.61. The topological polar surface area (TPSA) is 75.5 Å². The molecule has 8 heteroatoms. The zero-order valence-corrected chi connectivity index (χ0v) is 23.0. The molecule has 0 fully saturated rings. The molecule has 1 aromatic heterocycles. The van der Waals surface area contributed by atoms with Crippen LogP contribution in [-0.2, 0) is 23.9 Å². The van der Waals surface area contributed by atoms with E-state index in [1.54, 1.807) is 26.3 Å². The monoisotopic (exact) mass is 531 g/mol. The van der Waals surface area contributed by atoms with E-state index in [1.165, 1.54) is 0 Å². The molecule has 0 N–H and O–H groups in total. The average Bonchev–Trinajstić information content (AvgIpc) is 3.40. The van der Waals surface area contributed by atoms with Gasteiger partial charge in [-0.2, -0.15) is 0 Å². The molecule has 1 heterocycles. The summed E-state index contributed by atoms with van der Waals surface area (Å²) < 4.78 is 31.9. The molecular weight excluding hydrogens is 497 g/mol. The molecule has 7 nitrogen and oxygen atoms in total. The van der Waals surface area contributed by atoms with Gasteiger partial charge in [0.1, 0.15) is 23.8 Å². The number of aromatic nitrogens is 3. The van der Waals surface area contributed by atoms with Crippen LogP contribution in [0, 0.1) is 0 Å². The molecule has 4 rings (SSSR count). The summed E-state index contributed by atoms with van der Waals surface area (Å²) in [6, 6.07) is 30.8. The number of allylic oxidation sites excluding steroid dienone is 1. The second-order valence-corrected chi connectivity index (χ2v) is 10.6. The van der Waals surface area contributed by atoms with Crippen molar-refractivity contribution in [1.29, 1.82) is 0 Å². The molecular formula is C30H34N3O4P. The SMILES string of the molecule is CCOC(=Cc1ncn(C(c2ccccc2)(c2ccccc2)c2ccccc2)n1)CP(=O)(OCC)OCC. The lowest BCUT2D eigenvalue weighted by molar-refractivity contribution is 0.203. The zero-order valence-electron chi connectivity index (χ0n) is 22.1. The van der Waals surface area contributed by atoms with Crippen molar-refractivity contribution in [2.75, 3.05) is 26.0 Å². The first-order chi connectivity index (χ1) is 18.6. The summed E-state index contributed by atoms with van der Waals surface area (Å²) in [4.78, 5) is 4.63. The van der Waals surface area contributed by atoms with Gasteiger partial charge in [0.15, 0.2) is 5.82 Å². The second kappa shape index (κ2) is 12.8. The van der Waals surface area contributed by atoms with E-state index in [1.807, 2.05) is 66.2 Å². The molecule has 0 aliphatic carbocycles. The van der Waals surface area contributed by atoms with Crippen LogP contribution in [0.4, 0.5) is 0 Å². The molecule has 0 spiro atoms. The van der Waals surface area contributed by atoms with Crippen molar-refractivity contribution in [2.45, 2.75) is 26.3 Å². The van der Waals surface area contributed by atoms with Gasteiger partial charge in [-0.25, -0.2) is 9.67 Å². The highest BCUT2D eigenvalue weighted by atomic mass is 31.2. The van der Waals surface area contributed by atoms with Crippen LogP contribution in [0.15, 0.2) is 103 Å². The molecule has 0 atom stereocenters. The van der Waals surface area contributed by atoms with Crippen molar-refractivity contribution >= 4 is 13.7 Å². The number of benzene rings is 3. The maximum Gasteiger partial charge on any atom is 0.338 e. The standard InChI is InChI=1S/C30H34N3O4P/c1-4-35-28(23-38(34,36-5-2)37-6-3)22-29-31-24-33(32-29)30(25-16-10-7-11-17-25,26-18-12-8-13-19-26)27-20-14-9-15-21-27/h7-22,24H,4-6,23H2,1-3H3. The highest BCUT2D eigenvalue weighted by Gasteiger charge is 2.39. The van der Waals surface area contributed by atoms with Crippen LogP contribution in [-0.4, -0.2) is 40.7 Å². The van der Waals surface area contributed by atoms with Crippen molar-refractivity contribution in [3.63, 3.8) is 0 Å².